The molecule has 4 saturated carbocycles. The maximum absolute atomic E-state index is 13.7. The SMILES string of the molecule is Cc1cccc(C(=O)NC(C(=O)N2CCN(C(=O)C34CC5CC(CC(C5)C3)C4)CC2)C(C)C)c1. The van der Waals surface area contributed by atoms with E-state index in [4.69, 9.17) is 0 Å². The van der Waals surface area contributed by atoms with Gasteiger partial charge in [0.15, 0.2) is 0 Å². The number of hydrogen-bond acceptors (Lipinski definition) is 3. The molecule has 34 heavy (non-hydrogen) atoms. The smallest absolute Gasteiger partial charge is 0.251 e. The molecule has 3 amide bonds. The summed E-state index contributed by atoms with van der Waals surface area (Å²) in [5.74, 6) is 2.33. The van der Waals surface area contributed by atoms with E-state index in [1.165, 1.54) is 19.3 Å². The summed E-state index contributed by atoms with van der Waals surface area (Å²) >= 11 is 0. The third-order valence-electron chi connectivity index (χ3n) is 8.87. The molecule has 1 aromatic carbocycles. The first kappa shape index (κ1) is 23.4. The van der Waals surface area contributed by atoms with Crippen LogP contribution in [-0.4, -0.2) is 59.7 Å². The Labute approximate surface area is 203 Å². The number of piperazine rings is 1. The second-order valence-corrected chi connectivity index (χ2v) is 11.9. The van der Waals surface area contributed by atoms with Crippen molar-refractivity contribution in [3.8, 4) is 0 Å². The Bertz CT molecular complexity index is 928. The summed E-state index contributed by atoms with van der Waals surface area (Å²) in [6.45, 7) is 8.16. The predicted molar refractivity (Wildman–Crippen MR) is 131 cm³/mol. The highest BCUT2D eigenvalue weighted by molar-refractivity contribution is 5.97. The van der Waals surface area contributed by atoms with Crippen LogP contribution in [0.25, 0.3) is 0 Å². The molecule has 184 valence electrons. The van der Waals surface area contributed by atoms with Crippen LogP contribution in [0.2, 0.25) is 0 Å². The van der Waals surface area contributed by atoms with E-state index in [1.54, 1.807) is 6.07 Å². The molecule has 4 bridgehead atoms. The number of nitrogens with zero attached hydrogens (tertiary/aromatic N) is 2. The molecule has 6 nitrogen and oxygen atoms in total. The zero-order chi connectivity index (χ0) is 24.0. The van der Waals surface area contributed by atoms with Gasteiger partial charge in [-0.05, 0) is 81.3 Å². The molecule has 1 aromatic rings. The zero-order valence-electron chi connectivity index (χ0n) is 20.9. The van der Waals surface area contributed by atoms with Crippen LogP contribution in [-0.2, 0) is 9.59 Å². The minimum absolute atomic E-state index is 0.0204. The molecule has 1 atom stereocenters. The lowest BCUT2D eigenvalue weighted by Crippen LogP contribution is -2.60. The summed E-state index contributed by atoms with van der Waals surface area (Å²) in [6.07, 6.45) is 7.24. The summed E-state index contributed by atoms with van der Waals surface area (Å²) in [4.78, 5) is 43.7. The van der Waals surface area contributed by atoms with Crippen molar-refractivity contribution in [3.63, 3.8) is 0 Å². The Morgan fingerprint density at radius 1 is 0.912 bits per heavy atom. The van der Waals surface area contributed by atoms with E-state index in [2.05, 4.69) is 5.32 Å². The Balaban J connectivity index is 1.20. The molecule has 6 rings (SSSR count). The van der Waals surface area contributed by atoms with Gasteiger partial charge < -0.3 is 15.1 Å². The summed E-state index contributed by atoms with van der Waals surface area (Å²) in [5.41, 5.74) is 1.47. The second kappa shape index (κ2) is 9.01. The third kappa shape index (κ3) is 4.36. The van der Waals surface area contributed by atoms with Crippen molar-refractivity contribution in [2.45, 2.75) is 65.3 Å². The molecule has 1 N–H and O–H groups in total. The van der Waals surface area contributed by atoms with E-state index in [0.717, 1.165) is 42.6 Å². The van der Waals surface area contributed by atoms with Crippen molar-refractivity contribution in [3.05, 3.63) is 35.4 Å². The molecule has 1 heterocycles. The number of nitrogens with one attached hydrogen (secondary N) is 1. The second-order valence-electron chi connectivity index (χ2n) is 11.9. The molecular weight excluding hydrogens is 426 g/mol. The van der Waals surface area contributed by atoms with E-state index in [-0.39, 0.29) is 23.1 Å². The summed E-state index contributed by atoms with van der Waals surface area (Å²) in [6, 6.07) is 6.85. The monoisotopic (exact) mass is 465 g/mol. The highest BCUT2D eigenvalue weighted by Gasteiger charge is 2.55. The van der Waals surface area contributed by atoms with Crippen LogP contribution in [0.4, 0.5) is 0 Å². The Hall–Kier alpha value is -2.37. The van der Waals surface area contributed by atoms with Gasteiger partial charge in [-0.25, -0.2) is 0 Å². The van der Waals surface area contributed by atoms with Crippen LogP contribution in [0.3, 0.4) is 0 Å². The molecule has 0 radical (unpaired) electrons. The first-order valence-corrected chi connectivity index (χ1v) is 13.2. The van der Waals surface area contributed by atoms with Gasteiger partial charge in [0.2, 0.25) is 11.8 Å². The van der Waals surface area contributed by atoms with Crippen LogP contribution >= 0.6 is 0 Å². The standard InChI is InChI=1S/C28H39N3O3/c1-18(2)24(29-25(32)23-6-4-5-19(3)11-23)26(33)30-7-9-31(10-8-30)27(34)28-15-20-12-21(16-28)14-22(13-20)17-28/h4-6,11,18,20-22,24H,7-10,12-17H2,1-3H3,(H,29,32). The predicted octanol–water partition coefficient (Wildman–Crippen LogP) is 3.64. The van der Waals surface area contributed by atoms with Crippen LogP contribution < -0.4 is 5.32 Å². The number of carbonyl (C=O) groups excluding carboxylic acids is 3. The van der Waals surface area contributed by atoms with Crippen molar-refractivity contribution in [1.82, 2.24) is 15.1 Å². The highest BCUT2D eigenvalue weighted by Crippen LogP contribution is 2.60. The maximum Gasteiger partial charge on any atom is 0.251 e. The highest BCUT2D eigenvalue weighted by atomic mass is 16.2. The van der Waals surface area contributed by atoms with E-state index < -0.39 is 6.04 Å². The zero-order valence-corrected chi connectivity index (χ0v) is 20.9. The van der Waals surface area contributed by atoms with Crippen molar-refractivity contribution in [1.29, 1.82) is 0 Å². The number of hydrogen-bond donors (Lipinski definition) is 1. The number of benzene rings is 1. The van der Waals surface area contributed by atoms with Crippen LogP contribution in [0.5, 0.6) is 0 Å². The molecule has 0 spiro atoms. The number of rotatable bonds is 5. The Kier molecular flexibility index (Phi) is 6.19. The fourth-order valence-electron chi connectivity index (χ4n) is 7.56. The first-order valence-electron chi connectivity index (χ1n) is 13.2. The van der Waals surface area contributed by atoms with Gasteiger partial charge in [-0.1, -0.05) is 31.5 Å². The fraction of sp³-hybridized carbons (Fsp3) is 0.679. The summed E-state index contributed by atoms with van der Waals surface area (Å²) in [5, 5.41) is 2.97. The van der Waals surface area contributed by atoms with E-state index >= 15 is 0 Å². The quantitative estimate of drug-likeness (QED) is 0.722. The first-order chi connectivity index (χ1) is 16.2. The number of amides is 3. The van der Waals surface area contributed by atoms with Crippen LogP contribution in [0, 0.1) is 36.0 Å². The molecular formula is C28H39N3O3. The molecule has 5 fully saturated rings. The van der Waals surface area contributed by atoms with Crippen molar-refractivity contribution >= 4 is 17.7 Å². The van der Waals surface area contributed by atoms with Crippen molar-refractivity contribution in [2.24, 2.45) is 29.1 Å². The summed E-state index contributed by atoms with van der Waals surface area (Å²) in [7, 11) is 0. The normalized spacial score (nSPS) is 31.0. The number of aryl methyl sites for hydroxylation is 1. The van der Waals surface area contributed by atoms with E-state index in [0.29, 0.717) is 37.6 Å². The van der Waals surface area contributed by atoms with E-state index in [1.807, 2.05) is 48.8 Å². The van der Waals surface area contributed by atoms with Gasteiger partial charge in [-0.15, -0.1) is 0 Å². The molecule has 6 heteroatoms. The molecule has 4 aliphatic carbocycles. The van der Waals surface area contributed by atoms with Crippen molar-refractivity contribution in [2.75, 3.05) is 26.2 Å². The summed E-state index contributed by atoms with van der Waals surface area (Å²) < 4.78 is 0. The minimum atomic E-state index is -0.571. The lowest BCUT2D eigenvalue weighted by Gasteiger charge is -2.57. The van der Waals surface area contributed by atoms with Crippen LogP contribution in [0.15, 0.2) is 24.3 Å². The van der Waals surface area contributed by atoms with Gasteiger partial charge in [-0.2, -0.15) is 0 Å². The lowest BCUT2D eigenvalue weighted by molar-refractivity contribution is -0.160. The third-order valence-corrected chi connectivity index (χ3v) is 8.87. The average molecular weight is 466 g/mol. The van der Waals surface area contributed by atoms with Gasteiger partial charge in [0, 0.05) is 31.7 Å². The lowest BCUT2D eigenvalue weighted by atomic mass is 9.49. The molecule has 1 unspecified atom stereocenters. The van der Waals surface area contributed by atoms with Gasteiger partial charge in [-0.3, -0.25) is 14.4 Å². The van der Waals surface area contributed by atoms with Crippen LogP contribution in [0.1, 0.15) is 68.3 Å². The average Bonchev–Trinajstić information content (AvgIpc) is 2.80. The molecule has 1 saturated heterocycles. The minimum Gasteiger partial charge on any atom is -0.340 e. The maximum atomic E-state index is 13.7. The topological polar surface area (TPSA) is 69.7 Å². The largest absolute Gasteiger partial charge is 0.340 e. The van der Waals surface area contributed by atoms with Gasteiger partial charge >= 0.3 is 0 Å². The van der Waals surface area contributed by atoms with Gasteiger partial charge in [0.1, 0.15) is 6.04 Å². The van der Waals surface area contributed by atoms with Gasteiger partial charge in [0.05, 0.1) is 5.41 Å². The van der Waals surface area contributed by atoms with E-state index in [9.17, 15) is 14.4 Å². The molecule has 5 aliphatic rings. The van der Waals surface area contributed by atoms with Crippen molar-refractivity contribution < 1.29 is 14.4 Å². The number of carbonyl (C=O) groups is 3. The Morgan fingerprint density at radius 3 is 2.00 bits per heavy atom. The molecule has 0 aromatic heterocycles. The molecule has 1 aliphatic heterocycles. The van der Waals surface area contributed by atoms with Gasteiger partial charge in [0.25, 0.3) is 5.91 Å². The Morgan fingerprint density at radius 2 is 1.47 bits per heavy atom. The fourth-order valence-corrected chi connectivity index (χ4v) is 7.56.